The predicted octanol–water partition coefficient (Wildman–Crippen LogP) is 3.64. The molecule has 1 aliphatic carbocycles. The number of nitrogens with zero attached hydrogens (tertiary/aromatic N) is 1. The van der Waals surface area contributed by atoms with Gasteiger partial charge in [0.1, 0.15) is 6.04 Å². The molecule has 3 atom stereocenters. The molecule has 1 aromatic carbocycles. The molecule has 24 heavy (non-hydrogen) atoms. The molecule has 1 N–H and O–H groups in total. The lowest BCUT2D eigenvalue weighted by Gasteiger charge is -2.27. The maximum atomic E-state index is 12.6. The van der Waals surface area contributed by atoms with Crippen molar-refractivity contribution in [3.63, 3.8) is 0 Å². The van der Waals surface area contributed by atoms with Gasteiger partial charge in [-0.3, -0.25) is 4.79 Å². The van der Waals surface area contributed by atoms with Gasteiger partial charge in [0.15, 0.2) is 0 Å². The fourth-order valence-electron chi connectivity index (χ4n) is 4.42. The molecule has 1 saturated heterocycles. The number of aryl methyl sites for hydroxylation is 1. The minimum atomic E-state index is -0.832. The number of unbranched alkanes of at least 4 members (excludes halogenated alkanes) is 2. The van der Waals surface area contributed by atoms with E-state index in [4.69, 9.17) is 0 Å². The molecule has 0 aromatic heterocycles. The summed E-state index contributed by atoms with van der Waals surface area (Å²) in [5.41, 5.74) is 1.34. The topological polar surface area (TPSA) is 57.6 Å². The van der Waals surface area contributed by atoms with Crippen molar-refractivity contribution in [2.24, 2.45) is 5.92 Å². The van der Waals surface area contributed by atoms with E-state index in [1.807, 2.05) is 6.07 Å². The van der Waals surface area contributed by atoms with Gasteiger partial charge in [-0.25, -0.2) is 4.79 Å². The Morgan fingerprint density at radius 1 is 1.08 bits per heavy atom. The SMILES string of the molecule is O=C(O)[C@@H]1C[C@@H]2CCC[C@@H]2N1C(=O)CCCCCc1ccccc1. The molecule has 2 fully saturated rings. The maximum Gasteiger partial charge on any atom is 0.326 e. The first-order valence-corrected chi connectivity index (χ1v) is 9.24. The molecule has 1 heterocycles. The number of carboxylic acids is 1. The van der Waals surface area contributed by atoms with Gasteiger partial charge in [-0.05, 0) is 50.0 Å². The summed E-state index contributed by atoms with van der Waals surface area (Å²) in [6.45, 7) is 0. The molecular weight excluding hydrogens is 302 g/mol. The fourth-order valence-corrected chi connectivity index (χ4v) is 4.42. The van der Waals surface area contributed by atoms with Crippen LogP contribution >= 0.6 is 0 Å². The Bertz CT molecular complexity index is 572. The summed E-state index contributed by atoms with van der Waals surface area (Å²) in [4.78, 5) is 25.8. The first kappa shape index (κ1) is 17.0. The van der Waals surface area contributed by atoms with Gasteiger partial charge in [-0.15, -0.1) is 0 Å². The number of hydrogen-bond donors (Lipinski definition) is 1. The van der Waals surface area contributed by atoms with Crippen molar-refractivity contribution < 1.29 is 14.7 Å². The highest BCUT2D eigenvalue weighted by Crippen LogP contribution is 2.41. The minimum absolute atomic E-state index is 0.0523. The third-order valence-electron chi connectivity index (χ3n) is 5.61. The zero-order chi connectivity index (χ0) is 16.9. The lowest BCUT2D eigenvalue weighted by molar-refractivity contribution is -0.149. The van der Waals surface area contributed by atoms with Crippen molar-refractivity contribution in [3.8, 4) is 0 Å². The van der Waals surface area contributed by atoms with Gasteiger partial charge in [0, 0.05) is 12.5 Å². The lowest BCUT2D eigenvalue weighted by Crippen LogP contribution is -2.44. The molecule has 1 saturated carbocycles. The summed E-state index contributed by atoms with van der Waals surface area (Å²) in [5, 5.41) is 9.43. The smallest absolute Gasteiger partial charge is 0.326 e. The van der Waals surface area contributed by atoms with Crippen LogP contribution in [-0.2, 0) is 16.0 Å². The van der Waals surface area contributed by atoms with E-state index in [0.717, 1.165) is 44.9 Å². The van der Waals surface area contributed by atoms with Crippen LogP contribution in [-0.4, -0.2) is 34.0 Å². The van der Waals surface area contributed by atoms with E-state index in [0.29, 0.717) is 18.8 Å². The van der Waals surface area contributed by atoms with E-state index >= 15 is 0 Å². The van der Waals surface area contributed by atoms with Crippen LogP contribution in [0.3, 0.4) is 0 Å². The predicted molar refractivity (Wildman–Crippen MR) is 92.6 cm³/mol. The number of aliphatic carboxylic acids is 1. The highest BCUT2D eigenvalue weighted by molar-refractivity contribution is 5.84. The fraction of sp³-hybridized carbons (Fsp3) is 0.600. The monoisotopic (exact) mass is 329 g/mol. The quantitative estimate of drug-likeness (QED) is 0.777. The largest absolute Gasteiger partial charge is 0.480 e. The minimum Gasteiger partial charge on any atom is -0.480 e. The first-order chi connectivity index (χ1) is 11.7. The molecule has 4 nitrogen and oxygen atoms in total. The standard InChI is InChI=1S/C20H27NO3/c22-19(13-6-2-5-10-15-8-3-1-4-9-15)21-17-12-7-11-16(17)14-18(21)20(23)24/h1,3-4,8-9,16-18H,2,5-7,10-14H2,(H,23,24)/t16-,17-,18-/m0/s1. The number of carbonyl (C=O) groups excluding carboxylic acids is 1. The zero-order valence-corrected chi connectivity index (χ0v) is 14.2. The molecule has 1 amide bonds. The number of likely N-dealkylation sites (tertiary alicyclic amines) is 1. The number of carbonyl (C=O) groups is 2. The van der Waals surface area contributed by atoms with Crippen LogP contribution in [0.5, 0.6) is 0 Å². The van der Waals surface area contributed by atoms with Crippen molar-refractivity contribution in [3.05, 3.63) is 35.9 Å². The molecule has 4 heteroatoms. The van der Waals surface area contributed by atoms with E-state index in [1.165, 1.54) is 5.56 Å². The van der Waals surface area contributed by atoms with Gasteiger partial charge in [0.2, 0.25) is 5.91 Å². The Labute approximate surface area is 143 Å². The Kier molecular flexibility index (Phi) is 5.54. The summed E-state index contributed by atoms with van der Waals surface area (Å²) in [6, 6.07) is 9.99. The van der Waals surface area contributed by atoms with Crippen molar-refractivity contribution in [1.29, 1.82) is 0 Å². The highest BCUT2D eigenvalue weighted by atomic mass is 16.4. The zero-order valence-electron chi connectivity index (χ0n) is 14.2. The number of carboxylic acid groups (broad SMARTS) is 1. The number of fused-ring (bicyclic) bond motifs is 1. The molecule has 1 aromatic rings. The van der Waals surface area contributed by atoms with Crippen LogP contribution in [0.2, 0.25) is 0 Å². The van der Waals surface area contributed by atoms with Crippen LogP contribution < -0.4 is 0 Å². The number of rotatable bonds is 7. The Hall–Kier alpha value is -1.84. The Morgan fingerprint density at radius 3 is 2.62 bits per heavy atom. The van der Waals surface area contributed by atoms with E-state index in [2.05, 4.69) is 24.3 Å². The van der Waals surface area contributed by atoms with Crippen molar-refractivity contribution in [2.75, 3.05) is 0 Å². The van der Waals surface area contributed by atoms with Gasteiger partial charge in [0.25, 0.3) is 0 Å². The third-order valence-corrected chi connectivity index (χ3v) is 5.61. The highest BCUT2D eigenvalue weighted by Gasteiger charge is 2.48. The first-order valence-electron chi connectivity index (χ1n) is 9.24. The second-order valence-corrected chi connectivity index (χ2v) is 7.20. The second kappa shape index (κ2) is 7.82. The number of amides is 1. The van der Waals surface area contributed by atoms with Crippen molar-refractivity contribution in [2.45, 2.75) is 69.9 Å². The summed E-state index contributed by atoms with van der Waals surface area (Å²) in [5.74, 6) is -0.369. The van der Waals surface area contributed by atoms with Crippen LogP contribution in [0, 0.1) is 5.92 Å². The van der Waals surface area contributed by atoms with Gasteiger partial charge in [-0.1, -0.05) is 43.2 Å². The van der Waals surface area contributed by atoms with Gasteiger partial charge in [-0.2, -0.15) is 0 Å². The third kappa shape index (κ3) is 3.80. The molecular formula is C20H27NO3. The van der Waals surface area contributed by atoms with E-state index in [1.54, 1.807) is 4.90 Å². The molecule has 0 spiro atoms. The summed E-state index contributed by atoms with van der Waals surface area (Å²) >= 11 is 0. The van der Waals surface area contributed by atoms with E-state index in [-0.39, 0.29) is 11.9 Å². The van der Waals surface area contributed by atoms with E-state index < -0.39 is 12.0 Å². The summed E-state index contributed by atoms with van der Waals surface area (Å²) in [6.07, 6.45) is 8.31. The van der Waals surface area contributed by atoms with Crippen LogP contribution in [0.4, 0.5) is 0 Å². The summed E-state index contributed by atoms with van der Waals surface area (Å²) < 4.78 is 0. The molecule has 0 bridgehead atoms. The Balaban J connectivity index is 1.44. The number of benzene rings is 1. The van der Waals surface area contributed by atoms with Gasteiger partial charge >= 0.3 is 5.97 Å². The molecule has 130 valence electrons. The van der Waals surface area contributed by atoms with Crippen LogP contribution in [0.15, 0.2) is 30.3 Å². The normalized spacial score (nSPS) is 25.7. The van der Waals surface area contributed by atoms with Gasteiger partial charge in [0.05, 0.1) is 0 Å². The second-order valence-electron chi connectivity index (χ2n) is 7.20. The Morgan fingerprint density at radius 2 is 1.88 bits per heavy atom. The van der Waals surface area contributed by atoms with Gasteiger partial charge < -0.3 is 10.0 Å². The molecule has 2 aliphatic rings. The molecule has 0 unspecified atom stereocenters. The van der Waals surface area contributed by atoms with Crippen LogP contribution in [0.25, 0.3) is 0 Å². The van der Waals surface area contributed by atoms with Crippen molar-refractivity contribution in [1.82, 2.24) is 4.90 Å². The average molecular weight is 329 g/mol. The molecule has 0 radical (unpaired) electrons. The van der Waals surface area contributed by atoms with Crippen molar-refractivity contribution >= 4 is 11.9 Å². The van der Waals surface area contributed by atoms with Crippen LogP contribution in [0.1, 0.15) is 56.9 Å². The lowest BCUT2D eigenvalue weighted by atomic mass is 10.0. The maximum absolute atomic E-state index is 12.6. The summed E-state index contributed by atoms with van der Waals surface area (Å²) in [7, 11) is 0. The number of hydrogen-bond acceptors (Lipinski definition) is 2. The average Bonchev–Trinajstić information content (AvgIpc) is 3.16. The van der Waals surface area contributed by atoms with E-state index in [9.17, 15) is 14.7 Å². The molecule has 1 aliphatic heterocycles. The molecule has 3 rings (SSSR count).